The van der Waals surface area contributed by atoms with Crippen LogP contribution in [0.1, 0.15) is 42.2 Å². The van der Waals surface area contributed by atoms with Gasteiger partial charge >= 0.3 is 6.03 Å². The number of carbonyl (C=O) groups is 2. The standard InChI is InChI=1S/C21H23Cl3N4O2/c1-14(29)19-18(24)12-28(25-19)20(30)27-6-3-21(4-7-27)2-5-26(13-21)11-15-8-16(22)10-17(23)9-15/h8-10,12H,2-7,11,13H2,1H3. The lowest BCUT2D eigenvalue weighted by atomic mass is 9.78. The van der Waals surface area contributed by atoms with Gasteiger partial charge in [0.25, 0.3) is 0 Å². The van der Waals surface area contributed by atoms with Gasteiger partial charge in [-0.05, 0) is 55.0 Å². The first kappa shape index (κ1) is 21.6. The number of Topliss-reactive ketones (excluding diaryl/α,β-unsaturated/α-hetero) is 1. The van der Waals surface area contributed by atoms with E-state index in [0.717, 1.165) is 44.5 Å². The molecular formula is C21H23Cl3N4O2. The van der Waals surface area contributed by atoms with E-state index in [4.69, 9.17) is 34.8 Å². The van der Waals surface area contributed by atoms with E-state index in [2.05, 4.69) is 10.00 Å². The molecule has 30 heavy (non-hydrogen) atoms. The Hall–Kier alpha value is -1.60. The molecule has 160 valence electrons. The molecule has 2 aliphatic rings. The fraction of sp³-hybridized carbons (Fsp3) is 0.476. The number of rotatable bonds is 3. The molecule has 0 radical (unpaired) electrons. The summed E-state index contributed by atoms with van der Waals surface area (Å²) in [6.45, 7) is 5.57. The van der Waals surface area contributed by atoms with Gasteiger partial charge in [0.05, 0.1) is 11.2 Å². The van der Waals surface area contributed by atoms with Crippen LogP contribution in [0, 0.1) is 5.41 Å². The number of amides is 1. The van der Waals surface area contributed by atoms with E-state index >= 15 is 0 Å². The Kier molecular flexibility index (Phi) is 6.13. The van der Waals surface area contributed by atoms with Crippen molar-refractivity contribution in [2.75, 3.05) is 26.2 Å². The molecule has 1 amide bonds. The van der Waals surface area contributed by atoms with Gasteiger partial charge in [-0.3, -0.25) is 9.69 Å². The second-order valence-corrected chi connectivity index (χ2v) is 9.61. The summed E-state index contributed by atoms with van der Waals surface area (Å²) in [7, 11) is 0. The summed E-state index contributed by atoms with van der Waals surface area (Å²) < 4.78 is 1.18. The molecule has 2 aliphatic heterocycles. The van der Waals surface area contributed by atoms with Gasteiger partial charge in [-0.1, -0.05) is 34.8 Å². The van der Waals surface area contributed by atoms with Crippen molar-refractivity contribution in [1.82, 2.24) is 19.6 Å². The minimum absolute atomic E-state index is 0.131. The minimum Gasteiger partial charge on any atom is -0.323 e. The Morgan fingerprint density at radius 2 is 1.67 bits per heavy atom. The number of halogens is 3. The van der Waals surface area contributed by atoms with Crippen molar-refractivity contribution in [3.63, 3.8) is 0 Å². The number of nitrogens with zero attached hydrogens (tertiary/aromatic N) is 4. The van der Waals surface area contributed by atoms with Crippen molar-refractivity contribution in [3.05, 3.63) is 50.7 Å². The van der Waals surface area contributed by atoms with Gasteiger partial charge in [0, 0.05) is 43.1 Å². The molecule has 0 saturated carbocycles. The summed E-state index contributed by atoms with van der Waals surface area (Å²) in [4.78, 5) is 28.6. The maximum absolute atomic E-state index is 12.8. The van der Waals surface area contributed by atoms with Crippen molar-refractivity contribution in [3.8, 4) is 0 Å². The Balaban J connectivity index is 1.35. The molecule has 4 rings (SSSR count). The number of ketones is 1. The Labute approximate surface area is 190 Å². The fourth-order valence-electron chi connectivity index (χ4n) is 4.54. The van der Waals surface area contributed by atoms with Crippen LogP contribution < -0.4 is 0 Å². The quantitative estimate of drug-likeness (QED) is 0.593. The SMILES string of the molecule is CC(=O)c1nn(C(=O)N2CCC3(CCN(Cc4cc(Cl)cc(Cl)c4)C3)CC2)cc1Cl. The largest absolute Gasteiger partial charge is 0.344 e. The zero-order valence-corrected chi connectivity index (χ0v) is 19.0. The Morgan fingerprint density at radius 3 is 2.27 bits per heavy atom. The number of hydrogen-bond donors (Lipinski definition) is 0. The molecule has 2 fully saturated rings. The molecule has 2 aromatic rings. The first-order chi connectivity index (χ1) is 14.2. The molecule has 3 heterocycles. The minimum atomic E-state index is -0.254. The molecule has 9 heteroatoms. The van der Waals surface area contributed by atoms with Crippen LogP contribution in [0.3, 0.4) is 0 Å². The van der Waals surface area contributed by atoms with Crippen molar-refractivity contribution >= 4 is 46.6 Å². The van der Waals surface area contributed by atoms with Crippen LogP contribution in [-0.2, 0) is 6.54 Å². The fourth-order valence-corrected chi connectivity index (χ4v) is 5.37. The number of aromatic nitrogens is 2. The van der Waals surface area contributed by atoms with Crippen LogP contribution in [-0.4, -0.2) is 57.6 Å². The highest BCUT2D eigenvalue weighted by molar-refractivity contribution is 6.34. The third-order valence-electron chi connectivity index (χ3n) is 6.14. The van der Waals surface area contributed by atoms with Crippen molar-refractivity contribution in [2.45, 2.75) is 32.7 Å². The Bertz CT molecular complexity index is 962. The van der Waals surface area contributed by atoms with Gasteiger partial charge in [0.2, 0.25) is 0 Å². The number of hydrogen-bond acceptors (Lipinski definition) is 4. The molecular weight excluding hydrogens is 447 g/mol. The lowest BCUT2D eigenvalue weighted by Gasteiger charge is -2.39. The third kappa shape index (κ3) is 4.52. The van der Waals surface area contributed by atoms with Gasteiger partial charge in [0.15, 0.2) is 5.78 Å². The summed E-state index contributed by atoms with van der Waals surface area (Å²) in [5, 5.41) is 5.58. The predicted molar refractivity (Wildman–Crippen MR) is 118 cm³/mol. The number of piperidine rings is 1. The summed E-state index contributed by atoms with van der Waals surface area (Å²) in [6, 6.07) is 5.44. The van der Waals surface area contributed by atoms with E-state index in [0.29, 0.717) is 23.1 Å². The molecule has 0 N–H and O–H groups in total. The molecule has 0 bridgehead atoms. The first-order valence-electron chi connectivity index (χ1n) is 9.97. The van der Waals surface area contributed by atoms with Crippen LogP contribution in [0.25, 0.3) is 0 Å². The smallest absolute Gasteiger partial charge is 0.323 e. The van der Waals surface area contributed by atoms with Crippen LogP contribution >= 0.6 is 34.8 Å². The highest BCUT2D eigenvalue weighted by atomic mass is 35.5. The van der Waals surface area contributed by atoms with Gasteiger partial charge in [-0.25, -0.2) is 4.79 Å². The topological polar surface area (TPSA) is 58.4 Å². The molecule has 0 atom stereocenters. The van der Waals surface area contributed by atoms with Crippen LogP contribution in [0.4, 0.5) is 4.79 Å². The number of benzene rings is 1. The number of likely N-dealkylation sites (tertiary alicyclic amines) is 2. The van der Waals surface area contributed by atoms with E-state index in [1.54, 1.807) is 11.0 Å². The lowest BCUT2D eigenvalue weighted by Crippen LogP contribution is -2.45. The molecule has 1 aromatic heterocycles. The normalized spacial score (nSPS) is 18.9. The maximum atomic E-state index is 12.8. The van der Waals surface area contributed by atoms with Crippen LogP contribution in [0.15, 0.2) is 24.4 Å². The number of carbonyl (C=O) groups excluding carboxylic acids is 2. The summed E-state index contributed by atoms with van der Waals surface area (Å²) >= 11 is 18.3. The van der Waals surface area contributed by atoms with E-state index in [-0.39, 0.29) is 27.9 Å². The lowest BCUT2D eigenvalue weighted by molar-refractivity contribution is 0.101. The van der Waals surface area contributed by atoms with Gasteiger partial charge in [0.1, 0.15) is 5.69 Å². The van der Waals surface area contributed by atoms with Gasteiger partial charge in [-0.15, -0.1) is 0 Å². The molecule has 1 aromatic carbocycles. The average molecular weight is 470 g/mol. The molecule has 0 unspecified atom stereocenters. The first-order valence-corrected chi connectivity index (χ1v) is 11.1. The molecule has 1 spiro atoms. The predicted octanol–water partition coefficient (Wildman–Crippen LogP) is 5.00. The summed E-state index contributed by atoms with van der Waals surface area (Å²) in [6.07, 6.45) is 4.42. The average Bonchev–Trinajstić information content (AvgIpc) is 3.25. The highest BCUT2D eigenvalue weighted by Crippen LogP contribution is 2.41. The highest BCUT2D eigenvalue weighted by Gasteiger charge is 2.41. The Morgan fingerprint density at radius 1 is 1.03 bits per heavy atom. The van der Waals surface area contributed by atoms with E-state index < -0.39 is 0 Å². The van der Waals surface area contributed by atoms with Gasteiger partial charge in [-0.2, -0.15) is 9.78 Å². The maximum Gasteiger partial charge on any atom is 0.344 e. The third-order valence-corrected chi connectivity index (χ3v) is 6.85. The van der Waals surface area contributed by atoms with Crippen LogP contribution in [0.2, 0.25) is 15.1 Å². The zero-order chi connectivity index (χ0) is 21.5. The monoisotopic (exact) mass is 468 g/mol. The molecule has 6 nitrogen and oxygen atoms in total. The molecule has 2 saturated heterocycles. The zero-order valence-electron chi connectivity index (χ0n) is 16.7. The van der Waals surface area contributed by atoms with Crippen molar-refractivity contribution in [2.24, 2.45) is 5.41 Å². The second-order valence-electron chi connectivity index (χ2n) is 8.33. The van der Waals surface area contributed by atoms with Crippen molar-refractivity contribution < 1.29 is 9.59 Å². The van der Waals surface area contributed by atoms with Crippen LogP contribution in [0.5, 0.6) is 0 Å². The van der Waals surface area contributed by atoms with Gasteiger partial charge < -0.3 is 4.90 Å². The molecule has 0 aliphatic carbocycles. The van der Waals surface area contributed by atoms with E-state index in [9.17, 15) is 9.59 Å². The summed E-state index contributed by atoms with van der Waals surface area (Å²) in [5.41, 5.74) is 1.48. The second kappa shape index (κ2) is 8.50. The van der Waals surface area contributed by atoms with Crippen molar-refractivity contribution in [1.29, 1.82) is 0 Å². The van der Waals surface area contributed by atoms with E-state index in [1.807, 2.05) is 12.1 Å². The van der Waals surface area contributed by atoms with E-state index in [1.165, 1.54) is 17.8 Å². The summed E-state index contributed by atoms with van der Waals surface area (Å²) in [5.74, 6) is -0.254.